The molecule has 0 spiro atoms. The topological polar surface area (TPSA) is 62.6 Å². The van der Waals surface area contributed by atoms with Crippen molar-refractivity contribution < 1.29 is 13.2 Å². The van der Waals surface area contributed by atoms with Gasteiger partial charge < -0.3 is 9.47 Å². The average Bonchev–Trinajstić information content (AvgIpc) is 3.09. The molecule has 8 heteroatoms. The fourth-order valence-corrected chi connectivity index (χ4v) is 6.78. The molecule has 2 unspecified atom stereocenters. The Kier molecular flexibility index (Phi) is 4.68. The summed E-state index contributed by atoms with van der Waals surface area (Å²) in [5, 5.41) is 1.95. The van der Waals surface area contributed by atoms with Crippen molar-refractivity contribution in [2.75, 3.05) is 31.6 Å². The van der Waals surface area contributed by atoms with E-state index in [9.17, 15) is 13.2 Å². The lowest BCUT2D eigenvalue weighted by Crippen LogP contribution is -2.44. The van der Waals surface area contributed by atoms with Crippen LogP contribution in [0.15, 0.2) is 18.2 Å². The van der Waals surface area contributed by atoms with Crippen LogP contribution in [0.1, 0.15) is 36.6 Å². The van der Waals surface area contributed by atoms with E-state index in [1.165, 1.54) is 29.5 Å². The smallest absolute Gasteiger partial charge is 0.224 e. The second kappa shape index (κ2) is 7.00. The number of benzene rings is 1. The molecule has 1 aromatic carbocycles. The van der Waals surface area contributed by atoms with E-state index in [0.717, 1.165) is 17.0 Å². The average molecular weight is 436 g/mol. The highest BCUT2D eigenvalue weighted by Gasteiger charge is 2.40. The molecule has 2 atom stereocenters. The van der Waals surface area contributed by atoms with E-state index in [1.807, 2.05) is 6.07 Å². The van der Waals surface area contributed by atoms with Gasteiger partial charge in [0, 0.05) is 66.2 Å². The molecule has 1 amide bonds. The normalized spacial score (nSPS) is 26.1. The summed E-state index contributed by atoms with van der Waals surface area (Å²) < 4.78 is 25.6. The number of halogens is 1. The predicted octanol–water partition coefficient (Wildman–Crippen LogP) is 2.63. The van der Waals surface area contributed by atoms with Crippen molar-refractivity contribution in [2.45, 2.75) is 44.3 Å². The Morgan fingerprint density at radius 1 is 1.21 bits per heavy atom. The molecule has 0 aliphatic carbocycles. The summed E-state index contributed by atoms with van der Waals surface area (Å²) in [6.07, 6.45) is 3.77. The molecular formula is C21H26ClN3O3S. The zero-order valence-corrected chi connectivity index (χ0v) is 18.2. The molecule has 5 rings (SSSR count). The van der Waals surface area contributed by atoms with Crippen LogP contribution < -0.4 is 0 Å². The van der Waals surface area contributed by atoms with Gasteiger partial charge in [0.15, 0.2) is 9.84 Å². The Morgan fingerprint density at radius 3 is 2.72 bits per heavy atom. The van der Waals surface area contributed by atoms with Gasteiger partial charge in [0.05, 0.1) is 11.5 Å². The van der Waals surface area contributed by atoms with Gasteiger partial charge in [0.2, 0.25) is 5.91 Å². The quantitative estimate of drug-likeness (QED) is 0.743. The van der Waals surface area contributed by atoms with Crippen molar-refractivity contribution in [1.29, 1.82) is 0 Å². The number of amides is 1. The van der Waals surface area contributed by atoms with Crippen LogP contribution in [-0.4, -0.2) is 66.4 Å². The van der Waals surface area contributed by atoms with Gasteiger partial charge >= 0.3 is 0 Å². The van der Waals surface area contributed by atoms with Gasteiger partial charge in [-0.2, -0.15) is 0 Å². The second-order valence-corrected chi connectivity index (χ2v) is 11.3. The molecule has 2 saturated heterocycles. The first kappa shape index (κ1) is 19.4. The van der Waals surface area contributed by atoms with Crippen molar-refractivity contribution in [3.05, 3.63) is 34.5 Å². The molecule has 29 heavy (non-hydrogen) atoms. The number of carbonyl (C=O) groups excluding carboxylic acids is 1. The Labute approximate surface area is 176 Å². The molecule has 0 radical (unpaired) electrons. The van der Waals surface area contributed by atoms with Crippen LogP contribution in [0.5, 0.6) is 0 Å². The summed E-state index contributed by atoms with van der Waals surface area (Å²) in [7, 11) is -0.764. The Hall–Kier alpha value is -1.57. The standard InChI is InChI=1S/C21H26ClN3O3S/c1-23-15-3-5-18(23)21-16-12-14(22)2-4-17(16)25(19(21)13-15)7-6-20(26)24-8-10-29(27,28)11-9-24/h2,4,12,15,18H,3,5-11,13H2,1H3. The third-order valence-electron chi connectivity index (χ3n) is 7.03. The van der Waals surface area contributed by atoms with Gasteiger partial charge in [-0.1, -0.05) is 11.6 Å². The summed E-state index contributed by atoms with van der Waals surface area (Å²) in [6.45, 7) is 1.26. The lowest BCUT2D eigenvalue weighted by Gasteiger charge is -2.32. The highest BCUT2D eigenvalue weighted by Crippen LogP contribution is 2.47. The third-order valence-corrected chi connectivity index (χ3v) is 8.87. The number of likely N-dealkylation sites (N-methyl/N-ethyl adjacent to an activating group) is 1. The van der Waals surface area contributed by atoms with Gasteiger partial charge in [-0.05, 0) is 43.7 Å². The lowest BCUT2D eigenvalue weighted by atomic mass is 9.97. The molecule has 2 aromatic rings. The number of aryl methyl sites for hydroxylation is 1. The minimum atomic E-state index is -2.98. The summed E-state index contributed by atoms with van der Waals surface area (Å²) in [5.41, 5.74) is 3.88. The number of hydrogen-bond donors (Lipinski definition) is 0. The molecule has 6 nitrogen and oxygen atoms in total. The molecule has 156 valence electrons. The molecule has 0 saturated carbocycles. The third kappa shape index (κ3) is 3.27. The maximum atomic E-state index is 12.7. The number of carbonyl (C=O) groups is 1. The SMILES string of the molecule is CN1C2CCC1c1c(n(CCC(=O)N3CCS(=O)(=O)CC3)c3ccc(Cl)cc13)C2. The van der Waals surface area contributed by atoms with Crippen molar-refractivity contribution in [3.8, 4) is 0 Å². The number of aromatic nitrogens is 1. The van der Waals surface area contributed by atoms with Crippen LogP contribution >= 0.6 is 11.6 Å². The van der Waals surface area contributed by atoms with Crippen molar-refractivity contribution in [1.82, 2.24) is 14.4 Å². The van der Waals surface area contributed by atoms with E-state index >= 15 is 0 Å². The number of nitrogens with zero attached hydrogens (tertiary/aromatic N) is 3. The van der Waals surface area contributed by atoms with Crippen LogP contribution in [0.3, 0.4) is 0 Å². The van der Waals surface area contributed by atoms with Gasteiger partial charge in [0.1, 0.15) is 0 Å². The summed E-state index contributed by atoms with van der Waals surface area (Å²) in [6, 6.07) is 7.05. The van der Waals surface area contributed by atoms with E-state index in [4.69, 9.17) is 11.6 Å². The fraction of sp³-hybridized carbons (Fsp3) is 0.571. The van der Waals surface area contributed by atoms with Gasteiger partial charge in [0.25, 0.3) is 0 Å². The minimum Gasteiger partial charge on any atom is -0.344 e. The first-order valence-corrected chi connectivity index (χ1v) is 12.5. The van der Waals surface area contributed by atoms with E-state index in [1.54, 1.807) is 4.90 Å². The maximum Gasteiger partial charge on any atom is 0.224 e. The van der Waals surface area contributed by atoms with Gasteiger partial charge in [-0.25, -0.2) is 8.42 Å². The largest absolute Gasteiger partial charge is 0.344 e. The predicted molar refractivity (Wildman–Crippen MR) is 114 cm³/mol. The van der Waals surface area contributed by atoms with Crippen LogP contribution in [0.2, 0.25) is 5.02 Å². The first-order chi connectivity index (χ1) is 13.8. The van der Waals surface area contributed by atoms with Crippen molar-refractivity contribution in [2.24, 2.45) is 0 Å². The number of sulfone groups is 1. The van der Waals surface area contributed by atoms with Crippen LogP contribution in [0.4, 0.5) is 0 Å². The van der Waals surface area contributed by atoms with E-state index in [0.29, 0.717) is 38.1 Å². The molecule has 0 N–H and O–H groups in total. The highest BCUT2D eigenvalue weighted by molar-refractivity contribution is 7.91. The molecule has 3 aliphatic heterocycles. The summed E-state index contributed by atoms with van der Waals surface area (Å²) in [4.78, 5) is 16.9. The van der Waals surface area contributed by atoms with E-state index in [2.05, 4.69) is 28.6 Å². The molecule has 1 aromatic heterocycles. The highest BCUT2D eigenvalue weighted by atomic mass is 35.5. The monoisotopic (exact) mass is 435 g/mol. The number of fused-ring (bicyclic) bond motifs is 6. The van der Waals surface area contributed by atoms with Crippen LogP contribution in [-0.2, 0) is 27.6 Å². The van der Waals surface area contributed by atoms with Crippen LogP contribution in [0, 0.1) is 0 Å². The molecular weight excluding hydrogens is 410 g/mol. The first-order valence-electron chi connectivity index (χ1n) is 10.3. The fourth-order valence-electron chi connectivity index (χ4n) is 5.41. The van der Waals surface area contributed by atoms with Gasteiger partial charge in [-0.15, -0.1) is 0 Å². The summed E-state index contributed by atoms with van der Waals surface area (Å²) in [5.74, 6) is 0.198. The molecule has 4 heterocycles. The molecule has 2 fully saturated rings. The molecule has 3 aliphatic rings. The van der Waals surface area contributed by atoms with Gasteiger partial charge in [-0.3, -0.25) is 9.69 Å². The maximum absolute atomic E-state index is 12.7. The Balaban J connectivity index is 1.44. The van der Waals surface area contributed by atoms with E-state index in [-0.39, 0.29) is 17.4 Å². The number of rotatable bonds is 3. The Morgan fingerprint density at radius 2 is 1.97 bits per heavy atom. The minimum absolute atomic E-state index is 0.0420. The second-order valence-electron chi connectivity index (χ2n) is 8.57. The van der Waals surface area contributed by atoms with Crippen molar-refractivity contribution >= 4 is 38.2 Å². The van der Waals surface area contributed by atoms with Crippen molar-refractivity contribution in [3.63, 3.8) is 0 Å². The lowest BCUT2D eigenvalue weighted by molar-refractivity contribution is -0.131. The molecule has 2 bridgehead atoms. The number of hydrogen-bond acceptors (Lipinski definition) is 4. The van der Waals surface area contributed by atoms with E-state index < -0.39 is 9.84 Å². The Bertz CT molecular complexity index is 1080. The zero-order valence-electron chi connectivity index (χ0n) is 16.6. The zero-order chi connectivity index (χ0) is 20.3. The summed E-state index contributed by atoms with van der Waals surface area (Å²) >= 11 is 6.33. The van der Waals surface area contributed by atoms with Crippen LogP contribution in [0.25, 0.3) is 10.9 Å².